The molecule has 0 aromatic carbocycles. The minimum absolute atomic E-state index is 0.119. The van der Waals surface area contributed by atoms with Crippen LogP contribution < -0.4 is 10.6 Å². The molecule has 2 heterocycles. The van der Waals surface area contributed by atoms with E-state index in [1.807, 2.05) is 6.07 Å². The average Bonchev–Trinajstić information content (AvgIpc) is 3.31. The van der Waals surface area contributed by atoms with Crippen LogP contribution in [0.15, 0.2) is 23.5 Å². The van der Waals surface area contributed by atoms with Crippen LogP contribution in [0.5, 0.6) is 0 Å². The van der Waals surface area contributed by atoms with Crippen molar-refractivity contribution in [2.75, 3.05) is 37.6 Å². The van der Waals surface area contributed by atoms with Crippen molar-refractivity contribution in [2.24, 2.45) is 16.8 Å². The normalized spacial score (nSPS) is 21.2. The smallest absolute Gasteiger partial charge is 0.173 e. The van der Waals surface area contributed by atoms with Crippen LogP contribution in [0.1, 0.15) is 18.4 Å². The summed E-state index contributed by atoms with van der Waals surface area (Å²) in [6, 6.07) is 3.65. The molecular weight excluding hydrogens is 254 g/mol. The maximum Gasteiger partial charge on any atom is 0.173 e. The van der Waals surface area contributed by atoms with E-state index in [9.17, 15) is 0 Å². The molecule has 0 spiro atoms. The first-order valence-electron chi connectivity index (χ1n) is 7.18. The summed E-state index contributed by atoms with van der Waals surface area (Å²) in [6.45, 7) is 5.24. The Bertz CT molecular complexity index is 492. The van der Waals surface area contributed by atoms with Gasteiger partial charge in [-0.25, -0.2) is 4.98 Å². The van der Waals surface area contributed by atoms with Gasteiger partial charge in [-0.1, -0.05) is 5.16 Å². The molecule has 20 heavy (non-hydrogen) atoms. The predicted octanol–water partition coefficient (Wildman–Crippen LogP) is 0.708. The van der Waals surface area contributed by atoms with Crippen molar-refractivity contribution in [1.82, 2.24) is 9.88 Å². The summed E-state index contributed by atoms with van der Waals surface area (Å²) in [5.41, 5.74) is 6.43. The second kappa shape index (κ2) is 5.66. The second-order valence-corrected chi connectivity index (χ2v) is 5.59. The van der Waals surface area contributed by atoms with Crippen molar-refractivity contribution in [3.63, 3.8) is 0 Å². The highest BCUT2D eigenvalue weighted by Gasteiger charge is 2.27. The molecular formula is C14H21N5O. The van der Waals surface area contributed by atoms with Crippen molar-refractivity contribution in [3.05, 3.63) is 23.9 Å². The number of piperazine rings is 1. The molecule has 0 amide bonds. The number of nitrogens with two attached hydrogens (primary N) is 1. The van der Waals surface area contributed by atoms with E-state index in [1.54, 1.807) is 12.3 Å². The van der Waals surface area contributed by atoms with Crippen molar-refractivity contribution in [1.29, 1.82) is 0 Å². The maximum atomic E-state index is 8.87. The van der Waals surface area contributed by atoms with E-state index in [4.69, 9.17) is 10.9 Å². The van der Waals surface area contributed by atoms with E-state index in [2.05, 4.69) is 19.9 Å². The van der Waals surface area contributed by atoms with E-state index in [1.165, 1.54) is 19.4 Å². The van der Waals surface area contributed by atoms with E-state index in [-0.39, 0.29) is 5.84 Å². The average molecular weight is 275 g/mol. The summed E-state index contributed by atoms with van der Waals surface area (Å²) >= 11 is 0. The summed E-state index contributed by atoms with van der Waals surface area (Å²) in [5.74, 6) is 1.87. The van der Waals surface area contributed by atoms with Crippen LogP contribution in [-0.4, -0.2) is 53.7 Å². The van der Waals surface area contributed by atoms with Gasteiger partial charge in [0.15, 0.2) is 5.84 Å². The van der Waals surface area contributed by atoms with Crippen molar-refractivity contribution < 1.29 is 5.21 Å². The Morgan fingerprint density at radius 1 is 1.35 bits per heavy atom. The van der Waals surface area contributed by atoms with Crippen LogP contribution >= 0.6 is 0 Å². The Morgan fingerprint density at radius 3 is 2.75 bits per heavy atom. The minimum atomic E-state index is 0.119. The van der Waals surface area contributed by atoms with E-state index >= 15 is 0 Å². The minimum Gasteiger partial charge on any atom is -0.409 e. The number of hydrogen-bond donors (Lipinski definition) is 2. The summed E-state index contributed by atoms with van der Waals surface area (Å²) in [7, 11) is 0. The zero-order chi connectivity index (χ0) is 13.9. The Kier molecular flexibility index (Phi) is 3.73. The standard InChI is InChI=1S/C14H21N5O/c15-13(17-20)12-2-1-5-16-14(12)19-8-6-18(7-9-19)10-11-3-4-11/h1-2,5,11,20H,3-4,6-10H2,(H2,15,17). The number of oxime groups is 1. The molecule has 1 aliphatic carbocycles. The number of pyridine rings is 1. The number of hydrogen-bond acceptors (Lipinski definition) is 5. The molecule has 1 aliphatic heterocycles. The molecule has 1 aromatic heterocycles. The highest BCUT2D eigenvalue weighted by atomic mass is 16.4. The summed E-state index contributed by atoms with van der Waals surface area (Å²) in [6.07, 6.45) is 4.54. The van der Waals surface area contributed by atoms with Gasteiger partial charge in [0.1, 0.15) is 5.82 Å². The van der Waals surface area contributed by atoms with Gasteiger partial charge in [-0.3, -0.25) is 4.90 Å². The lowest BCUT2D eigenvalue weighted by atomic mass is 10.2. The van der Waals surface area contributed by atoms with Gasteiger partial charge in [0.05, 0.1) is 5.56 Å². The molecule has 3 N–H and O–H groups in total. The highest BCUT2D eigenvalue weighted by molar-refractivity contribution is 6.01. The highest BCUT2D eigenvalue weighted by Crippen LogP contribution is 2.30. The largest absolute Gasteiger partial charge is 0.409 e. The molecule has 108 valence electrons. The molecule has 0 radical (unpaired) electrons. The van der Waals surface area contributed by atoms with Gasteiger partial charge in [0.2, 0.25) is 0 Å². The summed E-state index contributed by atoms with van der Waals surface area (Å²) in [4.78, 5) is 9.15. The third-order valence-electron chi connectivity index (χ3n) is 4.06. The lowest BCUT2D eigenvalue weighted by molar-refractivity contribution is 0.247. The van der Waals surface area contributed by atoms with E-state index < -0.39 is 0 Å². The van der Waals surface area contributed by atoms with E-state index in [0.29, 0.717) is 5.56 Å². The van der Waals surface area contributed by atoms with Gasteiger partial charge in [-0.2, -0.15) is 0 Å². The molecule has 2 aliphatic rings. The molecule has 2 fully saturated rings. The molecule has 0 unspecified atom stereocenters. The first-order chi connectivity index (χ1) is 9.78. The van der Waals surface area contributed by atoms with Crippen molar-refractivity contribution >= 4 is 11.7 Å². The first kappa shape index (κ1) is 13.2. The third kappa shape index (κ3) is 2.85. The Hall–Kier alpha value is -1.82. The molecule has 6 nitrogen and oxygen atoms in total. The molecule has 3 rings (SSSR count). The number of anilines is 1. The number of rotatable bonds is 4. The molecule has 1 saturated heterocycles. The summed E-state index contributed by atoms with van der Waals surface area (Å²) in [5, 5.41) is 12.0. The second-order valence-electron chi connectivity index (χ2n) is 5.59. The third-order valence-corrected chi connectivity index (χ3v) is 4.06. The Labute approximate surface area is 118 Å². The van der Waals surface area contributed by atoms with Crippen LogP contribution in [0.3, 0.4) is 0 Å². The quantitative estimate of drug-likeness (QED) is 0.366. The topological polar surface area (TPSA) is 78.0 Å². The molecule has 1 saturated carbocycles. The monoisotopic (exact) mass is 275 g/mol. The fourth-order valence-corrected chi connectivity index (χ4v) is 2.71. The zero-order valence-electron chi connectivity index (χ0n) is 11.6. The summed E-state index contributed by atoms with van der Waals surface area (Å²) < 4.78 is 0. The Morgan fingerprint density at radius 2 is 2.10 bits per heavy atom. The van der Waals surface area contributed by atoms with Crippen LogP contribution in [0, 0.1) is 5.92 Å². The zero-order valence-corrected chi connectivity index (χ0v) is 11.6. The van der Waals surface area contributed by atoms with Crippen LogP contribution in [-0.2, 0) is 0 Å². The maximum absolute atomic E-state index is 8.87. The van der Waals surface area contributed by atoms with Crippen molar-refractivity contribution in [3.8, 4) is 0 Å². The Balaban J connectivity index is 1.68. The van der Waals surface area contributed by atoms with Gasteiger partial charge in [0.25, 0.3) is 0 Å². The van der Waals surface area contributed by atoms with Gasteiger partial charge in [0, 0.05) is 38.9 Å². The lowest BCUT2D eigenvalue weighted by Crippen LogP contribution is -2.47. The van der Waals surface area contributed by atoms with Gasteiger partial charge in [-0.15, -0.1) is 0 Å². The SMILES string of the molecule is NC(=NO)c1cccnc1N1CCN(CC2CC2)CC1. The number of aromatic nitrogens is 1. The molecule has 0 bridgehead atoms. The number of amidine groups is 1. The number of nitrogens with zero attached hydrogens (tertiary/aromatic N) is 4. The van der Waals surface area contributed by atoms with Gasteiger partial charge < -0.3 is 15.8 Å². The lowest BCUT2D eigenvalue weighted by Gasteiger charge is -2.36. The predicted molar refractivity (Wildman–Crippen MR) is 78.1 cm³/mol. The fraction of sp³-hybridized carbons (Fsp3) is 0.571. The fourth-order valence-electron chi connectivity index (χ4n) is 2.71. The van der Waals surface area contributed by atoms with Crippen LogP contribution in [0.25, 0.3) is 0 Å². The first-order valence-corrected chi connectivity index (χ1v) is 7.18. The molecule has 6 heteroatoms. The van der Waals surface area contributed by atoms with Gasteiger partial charge in [-0.05, 0) is 30.9 Å². The molecule has 0 atom stereocenters. The van der Waals surface area contributed by atoms with Crippen molar-refractivity contribution in [2.45, 2.75) is 12.8 Å². The molecule has 1 aromatic rings. The van der Waals surface area contributed by atoms with Crippen LogP contribution in [0.4, 0.5) is 5.82 Å². The van der Waals surface area contributed by atoms with Gasteiger partial charge >= 0.3 is 0 Å². The van der Waals surface area contributed by atoms with E-state index in [0.717, 1.165) is 37.9 Å². The van der Waals surface area contributed by atoms with Crippen LogP contribution in [0.2, 0.25) is 0 Å².